The Morgan fingerprint density at radius 2 is 1.95 bits per heavy atom. The van der Waals surface area contributed by atoms with Crippen LogP contribution in [-0.4, -0.2) is 52.1 Å². The number of ether oxygens (including phenoxy) is 1. The summed E-state index contributed by atoms with van der Waals surface area (Å²) in [7, 11) is 0. The van der Waals surface area contributed by atoms with Crippen LogP contribution in [-0.2, 0) is 4.74 Å². The number of amides is 1. The number of nitrogens with zero attached hydrogens (tertiary/aromatic N) is 4. The van der Waals surface area contributed by atoms with Gasteiger partial charge in [-0.15, -0.1) is 0 Å². The molecule has 1 amide bonds. The van der Waals surface area contributed by atoms with Crippen molar-refractivity contribution in [3.05, 3.63) is 3.01 Å². The largest absolute Gasteiger partial charge is 0.444 e. The Labute approximate surface area is 130 Å². The van der Waals surface area contributed by atoms with Gasteiger partial charge in [0, 0.05) is 26.2 Å². The fourth-order valence-corrected chi connectivity index (χ4v) is 2.69. The van der Waals surface area contributed by atoms with Gasteiger partial charge in [0.15, 0.2) is 3.01 Å². The molecule has 1 saturated heterocycles. The van der Waals surface area contributed by atoms with E-state index in [4.69, 9.17) is 4.74 Å². The molecule has 2 heterocycles. The van der Waals surface area contributed by atoms with Gasteiger partial charge in [-0.25, -0.2) is 4.79 Å². The fourth-order valence-electron chi connectivity index (χ4n) is 1.74. The van der Waals surface area contributed by atoms with Gasteiger partial charge in [-0.3, -0.25) is 0 Å². The van der Waals surface area contributed by atoms with Crippen LogP contribution in [0.15, 0.2) is 0 Å². The number of carbonyl (C=O) groups is 1. The summed E-state index contributed by atoms with van der Waals surface area (Å²) in [5.74, 6) is 0.762. The van der Waals surface area contributed by atoms with Crippen molar-refractivity contribution in [2.75, 3.05) is 31.1 Å². The van der Waals surface area contributed by atoms with Gasteiger partial charge in [-0.2, -0.15) is 9.36 Å². The molecule has 1 aliphatic rings. The second-order valence-corrected chi connectivity index (χ2v) is 7.81. The van der Waals surface area contributed by atoms with Crippen molar-refractivity contribution in [3.8, 4) is 0 Å². The van der Waals surface area contributed by atoms with E-state index < -0.39 is 5.60 Å². The van der Waals surface area contributed by atoms with Crippen LogP contribution in [0, 0.1) is 3.01 Å². The summed E-state index contributed by atoms with van der Waals surface area (Å²) in [6.07, 6.45) is -0.243. The van der Waals surface area contributed by atoms with Crippen molar-refractivity contribution in [2.45, 2.75) is 26.4 Å². The Balaban J connectivity index is 1.87. The maximum Gasteiger partial charge on any atom is 0.410 e. The molecule has 0 radical (unpaired) electrons. The standard InChI is InChI=1S/C11H17IN4O2S/c1-11(2,3)18-10(17)16-6-4-15(5-7-16)9-13-8(12)19-14-9/h4-7H2,1-3H3. The van der Waals surface area contributed by atoms with Gasteiger partial charge >= 0.3 is 6.09 Å². The smallest absolute Gasteiger partial charge is 0.410 e. The van der Waals surface area contributed by atoms with E-state index in [1.165, 1.54) is 11.5 Å². The van der Waals surface area contributed by atoms with Gasteiger partial charge in [0.05, 0.1) is 0 Å². The average Bonchev–Trinajstić information content (AvgIpc) is 2.74. The first-order valence-corrected chi connectivity index (χ1v) is 7.92. The highest BCUT2D eigenvalue weighted by molar-refractivity contribution is 14.1. The molecule has 0 saturated carbocycles. The topological polar surface area (TPSA) is 58.6 Å². The molecule has 2 rings (SSSR count). The molecule has 1 aliphatic heterocycles. The highest BCUT2D eigenvalue weighted by atomic mass is 127. The van der Waals surface area contributed by atoms with Crippen molar-refractivity contribution in [1.82, 2.24) is 14.3 Å². The van der Waals surface area contributed by atoms with E-state index in [9.17, 15) is 4.79 Å². The summed E-state index contributed by atoms with van der Waals surface area (Å²) in [5, 5.41) is 0. The molecule has 0 aromatic carbocycles. The van der Waals surface area contributed by atoms with E-state index in [0.717, 1.165) is 22.1 Å². The molecule has 19 heavy (non-hydrogen) atoms. The normalized spacial score (nSPS) is 16.6. The third-order valence-electron chi connectivity index (χ3n) is 2.60. The van der Waals surface area contributed by atoms with E-state index in [-0.39, 0.29) is 6.09 Å². The maximum absolute atomic E-state index is 11.9. The molecule has 1 aromatic heterocycles. The van der Waals surface area contributed by atoms with Crippen LogP contribution in [0.2, 0.25) is 0 Å². The SMILES string of the molecule is CC(C)(C)OC(=O)N1CCN(c2nsc(I)n2)CC1. The van der Waals surface area contributed by atoms with Gasteiger partial charge < -0.3 is 14.5 Å². The van der Waals surface area contributed by atoms with E-state index in [1.807, 2.05) is 20.8 Å². The Morgan fingerprint density at radius 3 is 2.42 bits per heavy atom. The first-order chi connectivity index (χ1) is 8.85. The number of hydrogen-bond acceptors (Lipinski definition) is 6. The second-order valence-electron chi connectivity index (χ2n) is 5.30. The zero-order valence-corrected chi connectivity index (χ0v) is 14.2. The zero-order chi connectivity index (χ0) is 14.0. The van der Waals surface area contributed by atoms with Crippen LogP contribution in [0.3, 0.4) is 0 Å². The van der Waals surface area contributed by atoms with Crippen molar-refractivity contribution >= 4 is 46.2 Å². The average molecular weight is 396 g/mol. The van der Waals surface area contributed by atoms with Crippen LogP contribution in [0.1, 0.15) is 20.8 Å². The molecule has 0 unspecified atom stereocenters. The van der Waals surface area contributed by atoms with Gasteiger partial charge in [0.2, 0.25) is 5.95 Å². The lowest BCUT2D eigenvalue weighted by Gasteiger charge is -2.35. The number of rotatable bonds is 1. The van der Waals surface area contributed by atoms with Crippen LogP contribution < -0.4 is 4.90 Å². The molecule has 106 valence electrons. The van der Waals surface area contributed by atoms with Crippen molar-refractivity contribution < 1.29 is 9.53 Å². The summed E-state index contributed by atoms with van der Waals surface area (Å²) >= 11 is 3.55. The molecule has 8 heteroatoms. The Morgan fingerprint density at radius 1 is 1.32 bits per heavy atom. The summed E-state index contributed by atoms with van der Waals surface area (Å²) in [6.45, 7) is 8.40. The minimum Gasteiger partial charge on any atom is -0.444 e. The number of anilines is 1. The highest BCUT2D eigenvalue weighted by Crippen LogP contribution is 2.18. The predicted octanol–water partition coefficient (Wildman–Crippen LogP) is 2.20. The molecule has 0 bridgehead atoms. The lowest BCUT2D eigenvalue weighted by Crippen LogP contribution is -2.50. The minimum atomic E-state index is -0.444. The van der Waals surface area contributed by atoms with Gasteiger partial charge in [-0.05, 0) is 54.9 Å². The maximum atomic E-state index is 11.9. The molecule has 1 aromatic rings. The van der Waals surface area contributed by atoms with Gasteiger partial charge in [0.25, 0.3) is 0 Å². The summed E-state index contributed by atoms with van der Waals surface area (Å²) in [5.41, 5.74) is -0.444. The van der Waals surface area contributed by atoms with E-state index in [1.54, 1.807) is 4.90 Å². The highest BCUT2D eigenvalue weighted by Gasteiger charge is 2.26. The van der Waals surface area contributed by atoms with Crippen molar-refractivity contribution in [3.63, 3.8) is 0 Å². The quantitative estimate of drug-likeness (QED) is 0.682. The third-order valence-corrected chi connectivity index (χ3v) is 3.93. The predicted molar refractivity (Wildman–Crippen MR) is 82.6 cm³/mol. The summed E-state index contributed by atoms with van der Waals surface area (Å²) in [4.78, 5) is 20.1. The molecule has 0 spiro atoms. The number of carbonyl (C=O) groups excluding carboxylic acids is 1. The number of hydrogen-bond donors (Lipinski definition) is 0. The molecule has 1 fully saturated rings. The van der Waals surface area contributed by atoms with Gasteiger partial charge in [-0.1, -0.05) is 0 Å². The van der Waals surface area contributed by atoms with Crippen LogP contribution in [0.4, 0.5) is 10.7 Å². The van der Waals surface area contributed by atoms with Crippen LogP contribution >= 0.6 is 34.1 Å². The lowest BCUT2D eigenvalue weighted by molar-refractivity contribution is 0.0240. The Bertz CT molecular complexity index is 452. The number of piperazine rings is 1. The molecular weight excluding hydrogens is 379 g/mol. The van der Waals surface area contributed by atoms with Crippen molar-refractivity contribution in [1.29, 1.82) is 0 Å². The van der Waals surface area contributed by atoms with Gasteiger partial charge in [0.1, 0.15) is 5.60 Å². The monoisotopic (exact) mass is 396 g/mol. The summed E-state index contributed by atoms with van der Waals surface area (Å²) < 4.78 is 10.6. The molecule has 6 nitrogen and oxygen atoms in total. The molecular formula is C11H17IN4O2S. The molecule has 0 atom stereocenters. The number of aromatic nitrogens is 2. The molecule has 0 N–H and O–H groups in total. The van der Waals surface area contributed by atoms with E-state index >= 15 is 0 Å². The number of halogens is 1. The first kappa shape index (κ1) is 14.8. The van der Waals surface area contributed by atoms with Crippen LogP contribution in [0.25, 0.3) is 0 Å². The first-order valence-electron chi connectivity index (χ1n) is 6.07. The Kier molecular flexibility index (Phi) is 4.49. The van der Waals surface area contributed by atoms with E-state index in [2.05, 4.69) is 36.8 Å². The minimum absolute atomic E-state index is 0.243. The van der Waals surface area contributed by atoms with Crippen LogP contribution in [0.5, 0.6) is 0 Å². The van der Waals surface area contributed by atoms with E-state index in [0.29, 0.717) is 13.1 Å². The summed E-state index contributed by atoms with van der Waals surface area (Å²) in [6, 6.07) is 0. The van der Waals surface area contributed by atoms with Crippen molar-refractivity contribution in [2.24, 2.45) is 0 Å². The molecule has 0 aliphatic carbocycles. The second kappa shape index (κ2) is 5.78. The fraction of sp³-hybridized carbons (Fsp3) is 0.727. The Hall–Kier alpha value is -0.640. The third kappa shape index (κ3) is 4.16. The zero-order valence-electron chi connectivity index (χ0n) is 11.2. The lowest BCUT2D eigenvalue weighted by atomic mass is 10.2.